The van der Waals surface area contributed by atoms with Crippen LogP contribution in [0.1, 0.15) is 77.9 Å². The zero-order valence-electron chi connectivity index (χ0n) is 56.3. The Morgan fingerprint density at radius 1 is 0.119 bits per heavy atom. The molecule has 24 rings (SSSR count). The summed E-state index contributed by atoms with van der Waals surface area (Å²) >= 11 is 0. The van der Waals surface area contributed by atoms with Crippen LogP contribution in [0.4, 0.5) is 0 Å². The smallest absolute Gasteiger partial charge is 0.000706 e. The lowest BCUT2D eigenvalue weighted by molar-refractivity contribution is 1.03. The lowest BCUT2D eigenvalue weighted by atomic mass is 9.81. The van der Waals surface area contributed by atoms with Crippen LogP contribution >= 0.6 is 0 Å². The van der Waals surface area contributed by atoms with E-state index in [0.717, 1.165) is 44.9 Å². The van der Waals surface area contributed by atoms with Crippen LogP contribution in [0.5, 0.6) is 0 Å². The van der Waals surface area contributed by atoms with E-state index in [0.29, 0.717) is 0 Å². The monoisotopic (exact) mass is 1280 g/mol. The lowest BCUT2D eigenvalue weighted by Crippen LogP contribution is -2.08. The Morgan fingerprint density at radius 3 is 0.832 bits per heavy atom. The van der Waals surface area contributed by atoms with Crippen molar-refractivity contribution in [3.8, 4) is 22.3 Å². The minimum absolute atomic E-state index is 1.03. The predicted octanol–water partition coefficient (Wildman–Crippen LogP) is 26.0. The molecule has 0 heterocycles. The average molecular weight is 1280 g/mol. The second-order valence-corrected chi connectivity index (χ2v) is 28.3. The van der Waals surface area contributed by atoms with Crippen molar-refractivity contribution in [3.05, 3.63) is 418 Å². The molecule has 0 amide bonds. The molecule has 0 saturated heterocycles. The van der Waals surface area contributed by atoms with Crippen molar-refractivity contribution in [1.29, 1.82) is 0 Å². The summed E-state index contributed by atoms with van der Waals surface area (Å²) in [5.74, 6) is 0. The van der Waals surface area contributed by atoms with E-state index in [1.807, 2.05) is 0 Å². The summed E-state index contributed by atoms with van der Waals surface area (Å²) in [4.78, 5) is 0. The highest BCUT2D eigenvalue weighted by Crippen LogP contribution is 2.45. The Hall–Kier alpha value is -12.2. The van der Waals surface area contributed by atoms with E-state index < -0.39 is 0 Å². The number of rotatable bonds is 0. The Labute approximate surface area is 588 Å². The van der Waals surface area contributed by atoms with Gasteiger partial charge in [0, 0.05) is 0 Å². The lowest BCUT2D eigenvalue weighted by Gasteiger charge is -2.23. The molecule has 101 heavy (non-hydrogen) atoms. The van der Waals surface area contributed by atoms with Crippen LogP contribution in [0, 0.1) is 0 Å². The minimum atomic E-state index is 1.03. The van der Waals surface area contributed by atoms with Gasteiger partial charge in [-0.2, -0.15) is 0 Å². The highest BCUT2D eigenvalue weighted by molar-refractivity contribution is 6.23. The van der Waals surface area contributed by atoms with Crippen LogP contribution in [0.15, 0.2) is 340 Å². The fourth-order valence-corrected chi connectivity index (χ4v) is 18.1. The largest absolute Gasteiger partial charge is 0.0619 e. The molecule has 0 radical (unpaired) electrons. The van der Waals surface area contributed by atoms with Gasteiger partial charge in [0.15, 0.2) is 0 Å². The molecule has 5 aliphatic carbocycles. The maximum absolute atomic E-state index is 2.32. The molecule has 474 valence electrons. The molecule has 0 saturated carbocycles. The van der Waals surface area contributed by atoms with Gasteiger partial charge in [-0.15, -0.1) is 0 Å². The first-order valence-corrected chi connectivity index (χ1v) is 36.0. The van der Waals surface area contributed by atoms with Gasteiger partial charge in [0.05, 0.1) is 0 Å². The average Bonchev–Trinajstić information content (AvgIpc) is 0.742. The van der Waals surface area contributed by atoms with E-state index in [4.69, 9.17) is 0 Å². The maximum atomic E-state index is 2.32. The summed E-state index contributed by atoms with van der Waals surface area (Å²) in [6.07, 6.45) is 7.36. The number of fused-ring (bicyclic) bond motifs is 18. The Bertz CT molecular complexity index is 6360. The van der Waals surface area contributed by atoms with Gasteiger partial charge in [0.1, 0.15) is 0 Å². The summed E-state index contributed by atoms with van der Waals surface area (Å²) in [6, 6.07) is 124. The van der Waals surface area contributed by atoms with E-state index in [1.54, 1.807) is 0 Å². The predicted molar refractivity (Wildman–Crippen MR) is 431 cm³/mol. The van der Waals surface area contributed by atoms with Crippen molar-refractivity contribution in [2.75, 3.05) is 0 Å². The number of benzene rings is 19. The fourth-order valence-electron chi connectivity index (χ4n) is 18.1. The van der Waals surface area contributed by atoms with Gasteiger partial charge in [-0.05, 0) is 253 Å². The Balaban J connectivity index is 0.0000000851. The molecule has 0 heteroatoms. The summed E-state index contributed by atoms with van der Waals surface area (Å²) in [7, 11) is 0. The number of hydrogen-bond acceptors (Lipinski definition) is 0. The zero-order chi connectivity index (χ0) is 66.5. The molecule has 0 N–H and O–H groups in total. The van der Waals surface area contributed by atoms with Crippen molar-refractivity contribution in [2.45, 2.75) is 44.9 Å². The molecule has 0 aliphatic heterocycles. The summed E-state index contributed by atoms with van der Waals surface area (Å²) in [6.45, 7) is 0. The SMILES string of the molecule is c1cc2c3c(c1)ccc1ccc4cccc(c4c13)C2.c1ccc2c(c1)Cc1cccc3cccc-2c13.c1ccc2c3c(ccc2c1)-c1cccc2cccc(c12)C3.c1ccc2c3c(ccc2c1)Cc1c(ccc2ccccc12)C3.c1ccc2c3c(ccc2c1)Cc1ccc2ccccc2c1C3. The van der Waals surface area contributed by atoms with Crippen LogP contribution in [-0.2, 0) is 44.9 Å². The van der Waals surface area contributed by atoms with Gasteiger partial charge in [-0.1, -0.05) is 340 Å². The van der Waals surface area contributed by atoms with E-state index in [2.05, 4.69) is 340 Å². The van der Waals surface area contributed by atoms with Gasteiger partial charge in [-0.25, -0.2) is 0 Å². The van der Waals surface area contributed by atoms with Gasteiger partial charge in [0.2, 0.25) is 0 Å². The van der Waals surface area contributed by atoms with Crippen LogP contribution in [0.2, 0.25) is 0 Å². The Morgan fingerprint density at radius 2 is 0.376 bits per heavy atom. The second-order valence-electron chi connectivity index (χ2n) is 28.3. The van der Waals surface area contributed by atoms with Crippen molar-refractivity contribution >= 4 is 108 Å². The normalized spacial score (nSPS) is 12.9. The van der Waals surface area contributed by atoms with Crippen LogP contribution in [0.25, 0.3) is 130 Å². The van der Waals surface area contributed by atoms with Crippen molar-refractivity contribution in [3.63, 3.8) is 0 Å². The van der Waals surface area contributed by atoms with Crippen LogP contribution < -0.4 is 0 Å². The first kappa shape index (κ1) is 58.9. The standard InChI is InChI=1S/2C22H16.C21H14.C19H12.C17H12/c1-3-7-19-15(5-1)9-11-17-14-22-18(13-21(17)19)12-10-16-6-2-4-8-20(16)22;1-3-7-19-15(5-1)9-11-17-13-18-12-10-16-6-2-4-8-20(16)22(18)14-21(17)19;1-2-9-17-14(5-1)11-12-18-19-10-4-7-15-6-3-8-16(21(15)19)13-20(17)18;1-3-12-7-9-14-10-8-13-4-2-6-16-11-15(5-1)17(12)19(14)18(13)16;1-2-9-15-13(5-1)11-14-8-3-6-12-7-4-10-16(15)17(12)14/h2*1-12H,13-14H2;1-12H,13H2;1-10H,11H2;1-10H,11H2. The third-order valence-electron chi connectivity index (χ3n) is 22.8. The topological polar surface area (TPSA) is 0 Å². The van der Waals surface area contributed by atoms with E-state index in [1.165, 1.54) is 208 Å². The molecule has 5 aliphatic rings. The number of hydrogen-bond donors (Lipinski definition) is 0. The molecule has 0 atom stereocenters. The molecule has 0 fully saturated rings. The van der Waals surface area contributed by atoms with Crippen LogP contribution in [0.3, 0.4) is 0 Å². The maximum Gasteiger partial charge on any atom is -0.000706 e. The molecule has 19 aromatic carbocycles. The van der Waals surface area contributed by atoms with Crippen LogP contribution in [-0.4, -0.2) is 0 Å². The minimum Gasteiger partial charge on any atom is -0.0619 e. The van der Waals surface area contributed by atoms with Crippen molar-refractivity contribution in [1.82, 2.24) is 0 Å². The highest BCUT2D eigenvalue weighted by atomic mass is 14.3. The molecule has 0 spiro atoms. The fraction of sp³-hybridized carbons (Fsp3) is 0.0693. The second kappa shape index (κ2) is 24.3. The quantitative estimate of drug-likeness (QED) is 0.133. The molecule has 0 unspecified atom stereocenters. The first-order valence-electron chi connectivity index (χ1n) is 36.0. The van der Waals surface area contributed by atoms with Crippen molar-refractivity contribution in [2.24, 2.45) is 0 Å². The van der Waals surface area contributed by atoms with Gasteiger partial charge in [0.25, 0.3) is 0 Å². The van der Waals surface area contributed by atoms with Gasteiger partial charge in [-0.3, -0.25) is 0 Å². The molecule has 0 aromatic heterocycles. The molecule has 19 aromatic rings. The third-order valence-corrected chi connectivity index (χ3v) is 22.8. The molecule has 0 bridgehead atoms. The third kappa shape index (κ3) is 10.1. The molecular weight excluding hydrogens is 1210 g/mol. The van der Waals surface area contributed by atoms with E-state index in [9.17, 15) is 0 Å². The van der Waals surface area contributed by atoms with E-state index >= 15 is 0 Å². The van der Waals surface area contributed by atoms with Gasteiger partial charge < -0.3 is 0 Å². The Kier molecular flexibility index (Phi) is 14.2. The molecule has 0 nitrogen and oxygen atoms in total. The van der Waals surface area contributed by atoms with E-state index in [-0.39, 0.29) is 0 Å². The zero-order valence-corrected chi connectivity index (χ0v) is 56.3. The van der Waals surface area contributed by atoms with Gasteiger partial charge >= 0.3 is 0 Å². The summed E-state index contributed by atoms with van der Waals surface area (Å²) in [5.41, 5.74) is 26.3. The van der Waals surface area contributed by atoms with Crippen molar-refractivity contribution < 1.29 is 0 Å². The summed E-state index contributed by atoms with van der Waals surface area (Å²) in [5, 5.41) is 27.8. The first-order chi connectivity index (χ1) is 50.1. The molecular formula is C101H70. The highest BCUT2D eigenvalue weighted by Gasteiger charge is 2.24. The summed E-state index contributed by atoms with van der Waals surface area (Å²) < 4.78 is 0.